The van der Waals surface area contributed by atoms with Crippen molar-refractivity contribution < 1.29 is 19.4 Å². The lowest BCUT2D eigenvalue weighted by atomic mass is 9.93. The number of hydrogen-bond acceptors (Lipinski definition) is 4. The molecule has 2 aromatic rings. The van der Waals surface area contributed by atoms with Gasteiger partial charge in [0.2, 0.25) is 0 Å². The second-order valence-electron chi connectivity index (χ2n) is 6.44. The Labute approximate surface area is 155 Å². The number of nitrogens with one attached hydrogen (secondary N) is 1. The van der Waals surface area contributed by atoms with E-state index in [4.69, 9.17) is 9.47 Å². The Kier molecular flexibility index (Phi) is 7.04. The highest BCUT2D eigenvalue weighted by Crippen LogP contribution is 2.31. The summed E-state index contributed by atoms with van der Waals surface area (Å²) in [5.41, 5.74) is 2.06. The van der Waals surface area contributed by atoms with Crippen molar-refractivity contribution in [1.82, 2.24) is 5.32 Å². The highest BCUT2D eigenvalue weighted by molar-refractivity contribution is 5.74. The zero-order valence-corrected chi connectivity index (χ0v) is 15.7. The number of hydrogen-bond donors (Lipinski definition) is 2. The Bertz CT molecular complexity index is 717. The van der Waals surface area contributed by atoms with Crippen LogP contribution in [-0.2, 0) is 11.2 Å². The molecule has 5 nitrogen and oxygen atoms in total. The molecule has 0 heterocycles. The van der Waals surface area contributed by atoms with Crippen molar-refractivity contribution in [2.75, 3.05) is 14.2 Å². The van der Waals surface area contributed by atoms with Crippen LogP contribution in [0.3, 0.4) is 0 Å². The van der Waals surface area contributed by atoms with E-state index in [1.165, 1.54) is 0 Å². The molecule has 0 saturated heterocycles. The van der Waals surface area contributed by atoms with E-state index >= 15 is 0 Å². The first kappa shape index (κ1) is 19.8. The van der Waals surface area contributed by atoms with Gasteiger partial charge in [0.05, 0.1) is 14.2 Å². The van der Waals surface area contributed by atoms with Gasteiger partial charge in [-0.2, -0.15) is 0 Å². The lowest BCUT2D eigenvalue weighted by Crippen LogP contribution is -2.45. The van der Waals surface area contributed by atoms with Gasteiger partial charge in [0.15, 0.2) is 11.5 Å². The summed E-state index contributed by atoms with van der Waals surface area (Å²) >= 11 is 0. The van der Waals surface area contributed by atoms with E-state index in [2.05, 4.69) is 12.2 Å². The van der Waals surface area contributed by atoms with Crippen LogP contribution in [-0.4, -0.2) is 37.4 Å². The molecule has 140 valence electrons. The van der Waals surface area contributed by atoms with Crippen LogP contribution in [0.5, 0.6) is 11.5 Å². The van der Waals surface area contributed by atoms with Crippen molar-refractivity contribution in [3.8, 4) is 11.5 Å². The number of carboxylic acids is 1. The van der Waals surface area contributed by atoms with E-state index in [1.807, 2.05) is 55.5 Å². The van der Waals surface area contributed by atoms with Gasteiger partial charge in [-0.05, 0) is 42.5 Å². The molecule has 2 rings (SSSR count). The van der Waals surface area contributed by atoms with Crippen molar-refractivity contribution in [3.05, 3.63) is 59.7 Å². The van der Waals surface area contributed by atoms with Crippen LogP contribution in [0.15, 0.2) is 48.5 Å². The van der Waals surface area contributed by atoms with Gasteiger partial charge >= 0.3 is 5.97 Å². The summed E-state index contributed by atoms with van der Waals surface area (Å²) in [5, 5.41) is 12.8. The summed E-state index contributed by atoms with van der Waals surface area (Å²) in [6.07, 6.45) is 0.444. The summed E-state index contributed by atoms with van der Waals surface area (Å²) in [6.45, 7) is 4.07. The maximum atomic E-state index is 11.7. The minimum absolute atomic E-state index is 0.0297. The third-order valence-electron chi connectivity index (χ3n) is 4.73. The fraction of sp³-hybridized carbons (Fsp3) is 0.381. The van der Waals surface area contributed by atoms with Crippen LogP contribution in [0, 0.1) is 0 Å². The van der Waals surface area contributed by atoms with Gasteiger partial charge in [-0.25, -0.2) is 0 Å². The highest BCUT2D eigenvalue weighted by Gasteiger charge is 2.24. The van der Waals surface area contributed by atoms with Crippen LogP contribution in [0.2, 0.25) is 0 Å². The van der Waals surface area contributed by atoms with Gasteiger partial charge in [-0.1, -0.05) is 43.3 Å². The first-order valence-corrected chi connectivity index (χ1v) is 8.71. The number of ether oxygens (including phenoxy) is 2. The lowest BCUT2D eigenvalue weighted by Gasteiger charge is -2.26. The zero-order chi connectivity index (χ0) is 19.1. The van der Waals surface area contributed by atoms with Crippen molar-refractivity contribution in [2.24, 2.45) is 0 Å². The third kappa shape index (κ3) is 4.99. The molecule has 26 heavy (non-hydrogen) atoms. The van der Waals surface area contributed by atoms with Gasteiger partial charge in [0.1, 0.15) is 6.04 Å². The molecule has 0 amide bonds. The number of carbonyl (C=O) groups is 1. The van der Waals surface area contributed by atoms with Crippen molar-refractivity contribution in [1.29, 1.82) is 0 Å². The average molecular weight is 357 g/mol. The Morgan fingerprint density at radius 2 is 1.69 bits per heavy atom. The molecule has 0 saturated carbocycles. The molecule has 0 aliphatic carbocycles. The predicted molar refractivity (Wildman–Crippen MR) is 102 cm³/mol. The van der Waals surface area contributed by atoms with E-state index in [9.17, 15) is 9.90 Å². The minimum Gasteiger partial charge on any atom is -0.493 e. The highest BCUT2D eigenvalue weighted by atomic mass is 16.5. The molecule has 2 unspecified atom stereocenters. The second kappa shape index (κ2) is 9.25. The first-order chi connectivity index (χ1) is 12.5. The summed E-state index contributed by atoms with van der Waals surface area (Å²) in [6, 6.07) is 14.8. The van der Waals surface area contributed by atoms with Crippen LogP contribution in [0.4, 0.5) is 0 Å². The van der Waals surface area contributed by atoms with E-state index in [-0.39, 0.29) is 12.0 Å². The largest absolute Gasteiger partial charge is 0.493 e. The minimum atomic E-state index is -0.847. The van der Waals surface area contributed by atoms with Crippen LogP contribution < -0.4 is 14.8 Å². The van der Waals surface area contributed by atoms with Gasteiger partial charge in [-0.3, -0.25) is 4.79 Å². The summed E-state index contributed by atoms with van der Waals surface area (Å²) in [7, 11) is 3.21. The molecular weight excluding hydrogens is 330 g/mol. The Morgan fingerprint density at radius 1 is 1.04 bits per heavy atom. The molecule has 0 aromatic heterocycles. The Hall–Kier alpha value is -2.53. The monoisotopic (exact) mass is 357 g/mol. The number of rotatable bonds is 9. The SMILES string of the molecule is COc1ccc(C(C)C(C)N[C@H](Cc2ccccc2)C(=O)O)cc1OC. The van der Waals surface area contributed by atoms with Crippen molar-refractivity contribution in [2.45, 2.75) is 38.3 Å². The molecule has 0 radical (unpaired) electrons. The second-order valence-corrected chi connectivity index (χ2v) is 6.44. The molecule has 2 aromatic carbocycles. The predicted octanol–water partition coefficient (Wildman–Crippen LogP) is 3.48. The molecule has 3 atom stereocenters. The number of methoxy groups -OCH3 is 2. The molecule has 0 bridgehead atoms. The maximum Gasteiger partial charge on any atom is 0.321 e. The first-order valence-electron chi connectivity index (χ1n) is 8.71. The van der Waals surface area contributed by atoms with Gasteiger partial charge in [-0.15, -0.1) is 0 Å². The zero-order valence-electron chi connectivity index (χ0n) is 15.7. The maximum absolute atomic E-state index is 11.7. The fourth-order valence-electron chi connectivity index (χ4n) is 2.95. The summed E-state index contributed by atoms with van der Waals surface area (Å²) < 4.78 is 10.6. The Morgan fingerprint density at radius 3 is 2.27 bits per heavy atom. The van der Waals surface area contributed by atoms with E-state index in [1.54, 1.807) is 14.2 Å². The van der Waals surface area contributed by atoms with Crippen LogP contribution >= 0.6 is 0 Å². The molecule has 2 N–H and O–H groups in total. The Balaban J connectivity index is 2.10. The topological polar surface area (TPSA) is 67.8 Å². The quantitative estimate of drug-likeness (QED) is 0.719. The number of carboxylic acid groups (broad SMARTS) is 1. The van der Waals surface area contributed by atoms with E-state index < -0.39 is 12.0 Å². The van der Waals surface area contributed by atoms with Crippen molar-refractivity contribution in [3.63, 3.8) is 0 Å². The lowest BCUT2D eigenvalue weighted by molar-refractivity contribution is -0.139. The van der Waals surface area contributed by atoms with Crippen LogP contribution in [0.1, 0.15) is 30.9 Å². The van der Waals surface area contributed by atoms with Crippen LogP contribution in [0.25, 0.3) is 0 Å². The van der Waals surface area contributed by atoms with Gasteiger partial charge in [0, 0.05) is 6.04 Å². The molecule has 0 aliphatic rings. The summed E-state index contributed by atoms with van der Waals surface area (Å²) in [5.74, 6) is 0.604. The number of aliphatic carboxylic acids is 1. The molecule has 0 spiro atoms. The third-order valence-corrected chi connectivity index (χ3v) is 4.73. The molecule has 0 aliphatic heterocycles. The average Bonchev–Trinajstić information content (AvgIpc) is 2.66. The smallest absolute Gasteiger partial charge is 0.321 e. The van der Waals surface area contributed by atoms with Crippen molar-refractivity contribution >= 4 is 5.97 Å². The number of benzene rings is 2. The normalized spacial score (nSPS) is 14.3. The van der Waals surface area contributed by atoms with E-state index in [0.29, 0.717) is 17.9 Å². The standard InChI is InChI=1S/C21H27NO4/c1-14(17-10-11-19(25-3)20(13-17)26-4)15(2)22-18(21(23)24)12-16-8-6-5-7-9-16/h5-11,13-15,18,22H,12H2,1-4H3,(H,23,24)/t14?,15?,18-/m1/s1. The summed E-state index contributed by atoms with van der Waals surface area (Å²) in [4.78, 5) is 11.7. The molecular formula is C21H27NO4. The molecule has 5 heteroatoms. The van der Waals surface area contributed by atoms with Gasteiger partial charge < -0.3 is 19.9 Å². The molecule has 0 fully saturated rings. The fourth-order valence-corrected chi connectivity index (χ4v) is 2.95. The van der Waals surface area contributed by atoms with E-state index in [0.717, 1.165) is 11.1 Å². The van der Waals surface area contributed by atoms with Gasteiger partial charge in [0.25, 0.3) is 0 Å².